The van der Waals surface area contributed by atoms with E-state index in [-0.39, 0.29) is 38.7 Å². The second-order valence-electron chi connectivity index (χ2n) is 13.8. The molecular weight excluding hydrogens is 512 g/mol. The maximum atomic E-state index is 14.9. The number of rotatable bonds is 0. The number of ketones is 2. The van der Waals surface area contributed by atoms with Gasteiger partial charge in [0, 0.05) is 5.92 Å². The minimum Gasteiger partial charge on any atom is -0.458 e. The third-order valence-corrected chi connectivity index (χ3v) is 12.7. The number of aliphatic hydroxyl groups is 3. The van der Waals surface area contributed by atoms with Crippen LogP contribution in [0.25, 0.3) is 0 Å². The number of aliphatic hydroxyl groups excluding tert-OH is 1. The molecule has 5 bridgehead atoms. The van der Waals surface area contributed by atoms with Gasteiger partial charge in [-0.25, -0.2) is 4.79 Å². The number of Topliss-reactive ketones (excluding diaryl/α,β-unsaturated/α-hetero) is 1. The number of hydrogen-bond acceptors (Lipinski definition) is 11. The molecule has 2 spiro atoms. The van der Waals surface area contributed by atoms with E-state index >= 15 is 0 Å². The molecule has 0 radical (unpaired) electrons. The van der Waals surface area contributed by atoms with E-state index < -0.39 is 98.4 Å². The van der Waals surface area contributed by atoms with E-state index in [1.807, 2.05) is 0 Å². The van der Waals surface area contributed by atoms with Crippen molar-refractivity contribution in [2.45, 2.75) is 93.3 Å². The predicted octanol–water partition coefficient (Wildman–Crippen LogP) is -0.277. The quantitative estimate of drug-likeness (QED) is 0.344. The van der Waals surface area contributed by atoms with Crippen LogP contribution in [0.1, 0.15) is 52.9 Å². The van der Waals surface area contributed by atoms with Crippen molar-refractivity contribution >= 4 is 23.5 Å². The summed E-state index contributed by atoms with van der Waals surface area (Å²) in [4.78, 5) is 55.5. The molecule has 8 aliphatic rings. The predicted molar refractivity (Wildman–Crippen MR) is 125 cm³/mol. The summed E-state index contributed by atoms with van der Waals surface area (Å²) in [5.74, 6) is -8.35. The molecule has 3 N–H and O–H groups in total. The second-order valence-corrected chi connectivity index (χ2v) is 13.8. The van der Waals surface area contributed by atoms with Gasteiger partial charge in [-0.05, 0) is 63.4 Å². The van der Waals surface area contributed by atoms with Gasteiger partial charge in [0.25, 0.3) is 0 Å². The van der Waals surface area contributed by atoms with Crippen molar-refractivity contribution in [1.29, 1.82) is 0 Å². The molecule has 0 amide bonds. The molecule has 0 aromatic carbocycles. The summed E-state index contributed by atoms with van der Waals surface area (Å²) in [6.07, 6.45) is 0.491. The smallest absolute Gasteiger partial charge is 0.342 e. The van der Waals surface area contributed by atoms with Crippen LogP contribution in [0.5, 0.6) is 0 Å². The van der Waals surface area contributed by atoms with Crippen LogP contribution in [0.3, 0.4) is 0 Å². The average molecular weight is 545 g/mol. The van der Waals surface area contributed by atoms with Crippen LogP contribution in [0.4, 0.5) is 0 Å². The molecule has 7 fully saturated rings. The lowest BCUT2D eigenvalue weighted by atomic mass is 9.46. The van der Waals surface area contributed by atoms with E-state index in [1.165, 1.54) is 12.2 Å². The number of fused-ring (bicyclic) bond motifs is 5. The third-order valence-electron chi connectivity index (χ3n) is 12.7. The first-order valence-electron chi connectivity index (χ1n) is 13.8. The normalized spacial score (nSPS) is 62.0. The number of carbonyl (C=O) groups excluding carboxylic acids is 4. The maximum Gasteiger partial charge on any atom is 0.342 e. The van der Waals surface area contributed by atoms with Crippen molar-refractivity contribution in [3.8, 4) is 0 Å². The Morgan fingerprint density at radius 2 is 1.79 bits per heavy atom. The van der Waals surface area contributed by atoms with Gasteiger partial charge in [-0.2, -0.15) is 0 Å². The molecule has 210 valence electrons. The Labute approximate surface area is 223 Å². The third kappa shape index (κ3) is 2.10. The summed E-state index contributed by atoms with van der Waals surface area (Å²) < 4.78 is 24.9. The Kier molecular flexibility index (Phi) is 4.09. The molecule has 5 saturated heterocycles. The van der Waals surface area contributed by atoms with Gasteiger partial charge in [0.05, 0.1) is 30.0 Å². The summed E-state index contributed by atoms with van der Waals surface area (Å²) in [6, 6.07) is 0. The largest absolute Gasteiger partial charge is 0.458 e. The van der Waals surface area contributed by atoms with Crippen LogP contribution in [0, 0.1) is 34.5 Å². The fourth-order valence-electron chi connectivity index (χ4n) is 10.6. The molecule has 5 heterocycles. The highest BCUT2D eigenvalue weighted by molar-refractivity contribution is 6.00. The Bertz CT molecular complexity index is 1330. The Balaban J connectivity index is 1.43. The van der Waals surface area contributed by atoms with Crippen molar-refractivity contribution in [3.05, 3.63) is 12.2 Å². The average Bonchev–Trinajstić information content (AvgIpc) is 3.19. The standard InChI is InChI=1S/C28H32O11/c1-22-10-17-24(3)28-18(22)19(31)27(39-28,36-11-14(22)20(32)37-17)13-9-16(30)25(34)7-4-5-15(29)23(25,2)12(13)6-8-26(28,35)21(33)38-24/h4-5,12-14,16-18,30,34-35H,6-11H2,1-3H3/t12-,13-,14-,16+,17-,18+,22-,23-,24-,25-,26-,27+,28-/m0/s1. The van der Waals surface area contributed by atoms with Gasteiger partial charge in [-0.15, -0.1) is 0 Å². The molecule has 3 aliphatic carbocycles. The van der Waals surface area contributed by atoms with Crippen molar-refractivity contribution in [1.82, 2.24) is 0 Å². The van der Waals surface area contributed by atoms with Crippen LogP contribution < -0.4 is 0 Å². The van der Waals surface area contributed by atoms with E-state index in [1.54, 1.807) is 20.8 Å². The molecule has 39 heavy (non-hydrogen) atoms. The number of carbonyl (C=O) groups is 4. The number of ether oxygens (including phenoxy) is 4. The first kappa shape index (κ1) is 24.6. The van der Waals surface area contributed by atoms with E-state index in [0.29, 0.717) is 0 Å². The lowest BCUT2D eigenvalue weighted by Crippen LogP contribution is -2.79. The van der Waals surface area contributed by atoms with Crippen LogP contribution in [-0.4, -0.2) is 85.8 Å². The molecular formula is C28H32O11. The molecule has 5 aliphatic heterocycles. The molecule has 11 nitrogen and oxygen atoms in total. The summed E-state index contributed by atoms with van der Waals surface area (Å²) in [5, 5.41) is 35.6. The Hall–Kier alpha value is -2.18. The van der Waals surface area contributed by atoms with Crippen LogP contribution in [-0.2, 0) is 38.1 Å². The molecule has 8 rings (SSSR count). The fourth-order valence-corrected chi connectivity index (χ4v) is 10.6. The van der Waals surface area contributed by atoms with Gasteiger partial charge in [0.2, 0.25) is 5.79 Å². The number of hydrogen-bond donors (Lipinski definition) is 3. The zero-order valence-corrected chi connectivity index (χ0v) is 22.0. The van der Waals surface area contributed by atoms with Gasteiger partial charge in [0.15, 0.2) is 28.4 Å². The molecule has 0 unspecified atom stereocenters. The SMILES string of the molecule is C[C@]12C[C@@H]3OC(=O)[C@@H]1CO[C@]14O[C@@]5([C@@H]2C1=O)[C@@]3(C)OC(=O)[C@@]5(O)CC[C@H]1[C@@H]4C[C@@H](O)[C@@]2(O)CC=CC(=O)[C@]12C. The summed E-state index contributed by atoms with van der Waals surface area (Å²) in [6.45, 7) is 4.69. The Morgan fingerprint density at radius 3 is 2.54 bits per heavy atom. The molecule has 0 aromatic rings. The van der Waals surface area contributed by atoms with Gasteiger partial charge in [-0.3, -0.25) is 14.4 Å². The lowest BCUT2D eigenvalue weighted by Gasteiger charge is -2.64. The van der Waals surface area contributed by atoms with Crippen molar-refractivity contribution in [3.63, 3.8) is 0 Å². The van der Waals surface area contributed by atoms with Gasteiger partial charge in [-0.1, -0.05) is 13.0 Å². The van der Waals surface area contributed by atoms with Gasteiger partial charge >= 0.3 is 11.9 Å². The lowest BCUT2D eigenvalue weighted by molar-refractivity contribution is -0.382. The summed E-state index contributed by atoms with van der Waals surface area (Å²) >= 11 is 0. The first-order chi connectivity index (χ1) is 18.2. The highest BCUT2D eigenvalue weighted by Gasteiger charge is 2.93. The minimum absolute atomic E-state index is 0.0207. The van der Waals surface area contributed by atoms with E-state index in [4.69, 9.17) is 18.9 Å². The minimum atomic E-state index is -2.32. The molecule has 0 aromatic heterocycles. The van der Waals surface area contributed by atoms with E-state index in [0.717, 1.165) is 0 Å². The fraction of sp³-hybridized carbons (Fsp3) is 0.786. The molecule has 13 atom stereocenters. The van der Waals surface area contributed by atoms with Gasteiger partial charge in [0.1, 0.15) is 11.7 Å². The summed E-state index contributed by atoms with van der Waals surface area (Å²) in [7, 11) is 0. The van der Waals surface area contributed by atoms with Crippen LogP contribution >= 0.6 is 0 Å². The number of allylic oxidation sites excluding steroid dienone is 1. The maximum absolute atomic E-state index is 14.9. The summed E-state index contributed by atoms with van der Waals surface area (Å²) in [5.41, 5.74) is -10.4. The van der Waals surface area contributed by atoms with E-state index in [2.05, 4.69) is 0 Å². The van der Waals surface area contributed by atoms with Crippen LogP contribution in [0.15, 0.2) is 12.2 Å². The van der Waals surface area contributed by atoms with E-state index in [9.17, 15) is 34.5 Å². The molecule has 2 saturated carbocycles. The monoisotopic (exact) mass is 544 g/mol. The second kappa shape index (κ2) is 6.49. The molecule has 11 heteroatoms. The highest BCUT2D eigenvalue weighted by atomic mass is 16.8. The van der Waals surface area contributed by atoms with Crippen molar-refractivity contribution in [2.24, 2.45) is 34.5 Å². The van der Waals surface area contributed by atoms with Crippen molar-refractivity contribution in [2.75, 3.05) is 6.61 Å². The topological polar surface area (TPSA) is 166 Å². The van der Waals surface area contributed by atoms with Crippen LogP contribution in [0.2, 0.25) is 0 Å². The van der Waals surface area contributed by atoms with Crippen molar-refractivity contribution < 1.29 is 53.4 Å². The first-order valence-corrected chi connectivity index (χ1v) is 13.8. The Morgan fingerprint density at radius 1 is 1.05 bits per heavy atom. The number of esters is 2. The van der Waals surface area contributed by atoms with Gasteiger partial charge < -0.3 is 34.3 Å². The highest BCUT2D eigenvalue weighted by Crippen LogP contribution is 2.75. The zero-order valence-electron chi connectivity index (χ0n) is 22.0. The zero-order chi connectivity index (χ0) is 27.8.